The number of hydrogen-bond donors (Lipinski definition) is 2. The highest BCUT2D eigenvalue weighted by Gasteiger charge is 2.48. The zero-order valence-corrected chi connectivity index (χ0v) is 11.4. The smallest absolute Gasteiger partial charge is 0.353 e. The van der Waals surface area contributed by atoms with Crippen molar-refractivity contribution < 1.29 is 14.7 Å². The number of carboxylic acid groups (broad SMARTS) is 1. The molecule has 0 bridgehead atoms. The van der Waals surface area contributed by atoms with Crippen LogP contribution in [0.3, 0.4) is 0 Å². The Balaban J connectivity index is 2.12. The topological polar surface area (TPSA) is 69.6 Å². The second-order valence-corrected chi connectivity index (χ2v) is 6.22. The first-order valence-corrected chi connectivity index (χ1v) is 7.33. The van der Waals surface area contributed by atoms with Crippen LogP contribution < -0.4 is 5.32 Å². The van der Waals surface area contributed by atoms with Gasteiger partial charge in [0.1, 0.15) is 10.0 Å². The molecule has 0 aromatic carbocycles. The van der Waals surface area contributed by atoms with Gasteiger partial charge in [-0.3, -0.25) is 9.69 Å². The minimum absolute atomic E-state index is 0.0340. The van der Waals surface area contributed by atoms with Crippen LogP contribution in [0.2, 0.25) is 0 Å². The SMILES string of the molecule is CSC(=S)NCC1=C(C(=O)O)N2C(=O)C[C@@H]2S1. The molecule has 5 nitrogen and oxygen atoms in total. The summed E-state index contributed by atoms with van der Waals surface area (Å²) < 4.78 is 0.614. The Hall–Kier alpha value is -0.730. The van der Waals surface area contributed by atoms with Gasteiger partial charge < -0.3 is 10.4 Å². The summed E-state index contributed by atoms with van der Waals surface area (Å²) in [6, 6.07) is 0. The van der Waals surface area contributed by atoms with Gasteiger partial charge in [-0.2, -0.15) is 0 Å². The molecule has 2 N–H and O–H groups in total. The number of amides is 1. The molecule has 0 radical (unpaired) electrons. The molecule has 1 fully saturated rings. The summed E-state index contributed by atoms with van der Waals surface area (Å²) in [5, 5.41) is 12.0. The molecule has 8 heteroatoms. The molecule has 17 heavy (non-hydrogen) atoms. The molecule has 0 spiro atoms. The maximum Gasteiger partial charge on any atom is 0.353 e. The van der Waals surface area contributed by atoms with E-state index in [1.54, 1.807) is 0 Å². The molecular weight excluding hydrogens is 280 g/mol. The molecule has 2 heterocycles. The zero-order chi connectivity index (χ0) is 12.6. The van der Waals surface area contributed by atoms with Gasteiger partial charge >= 0.3 is 5.97 Å². The fourth-order valence-corrected chi connectivity index (χ4v) is 3.30. The van der Waals surface area contributed by atoms with Crippen LogP contribution in [0.25, 0.3) is 0 Å². The van der Waals surface area contributed by atoms with Crippen molar-refractivity contribution in [1.82, 2.24) is 10.2 Å². The van der Waals surface area contributed by atoms with Gasteiger partial charge in [0.2, 0.25) is 5.91 Å². The third kappa shape index (κ3) is 2.29. The van der Waals surface area contributed by atoms with Gasteiger partial charge in [-0.15, -0.1) is 23.5 Å². The van der Waals surface area contributed by atoms with Gasteiger partial charge in [-0.25, -0.2) is 4.79 Å². The van der Waals surface area contributed by atoms with Crippen molar-refractivity contribution in [3.8, 4) is 0 Å². The Morgan fingerprint density at radius 1 is 1.76 bits per heavy atom. The zero-order valence-electron chi connectivity index (χ0n) is 8.93. The molecule has 0 unspecified atom stereocenters. The first-order valence-electron chi connectivity index (χ1n) is 4.81. The van der Waals surface area contributed by atoms with Crippen molar-refractivity contribution in [3.63, 3.8) is 0 Å². The average molecular weight is 290 g/mol. The number of carbonyl (C=O) groups is 2. The van der Waals surface area contributed by atoms with Crippen molar-refractivity contribution in [3.05, 3.63) is 10.6 Å². The number of aliphatic carboxylic acids is 1. The Morgan fingerprint density at radius 3 is 3.00 bits per heavy atom. The Kier molecular flexibility index (Phi) is 3.64. The van der Waals surface area contributed by atoms with E-state index in [4.69, 9.17) is 17.3 Å². The number of thioether (sulfide) groups is 2. The van der Waals surface area contributed by atoms with Crippen molar-refractivity contribution in [1.29, 1.82) is 0 Å². The van der Waals surface area contributed by atoms with Gasteiger partial charge in [0.15, 0.2) is 0 Å². The standard InChI is InChI=1S/C9H10N2O3S3/c1-16-9(15)10-3-4-7(8(13)14)11-5(12)2-6(11)17-4/h6H,2-3H2,1H3,(H,10,15)(H,13,14)/t6-/m0/s1. The number of carboxylic acids is 1. The lowest BCUT2D eigenvalue weighted by Crippen LogP contribution is -2.48. The largest absolute Gasteiger partial charge is 0.477 e. The molecule has 2 aliphatic heterocycles. The number of fused-ring (bicyclic) bond motifs is 1. The monoisotopic (exact) mass is 290 g/mol. The van der Waals surface area contributed by atoms with Gasteiger partial charge in [-0.1, -0.05) is 12.2 Å². The summed E-state index contributed by atoms with van der Waals surface area (Å²) in [6.07, 6.45) is 2.26. The molecule has 2 aliphatic rings. The van der Waals surface area contributed by atoms with Crippen LogP contribution in [-0.2, 0) is 9.59 Å². The molecule has 1 amide bonds. The number of carbonyl (C=O) groups excluding carboxylic acids is 1. The number of β-lactam (4-membered cyclic amide) rings is 1. The summed E-state index contributed by atoms with van der Waals surface area (Å²) in [5.41, 5.74) is 0.104. The molecule has 0 aromatic rings. The van der Waals surface area contributed by atoms with E-state index in [1.165, 1.54) is 28.4 Å². The van der Waals surface area contributed by atoms with E-state index in [2.05, 4.69) is 5.32 Å². The van der Waals surface area contributed by atoms with Crippen LogP contribution in [0, 0.1) is 0 Å². The van der Waals surface area contributed by atoms with Crippen LogP contribution in [0.15, 0.2) is 10.6 Å². The number of rotatable bonds is 3. The lowest BCUT2D eigenvalue weighted by Gasteiger charge is -2.33. The number of hydrogen-bond acceptors (Lipinski definition) is 5. The van der Waals surface area contributed by atoms with Crippen molar-refractivity contribution in [2.45, 2.75) is 11.8 Å². The molecule has 1 atom stereocenters. The van der Waals surface area contributed by atoms with Crippen molar-refractivity contribution in [2.75, 3.05) is 12.8 Å². The highest BCUT2D eigenvalue weighted by atomic mass is 32.2. The average Bonchev–Trinajstić information content (AvgIpc) is 2.58. The molecule has 0 saturated carbocycles. The summed E-state index contributed by atoms with van der Waals surface area (Å²) in [7, 11) is 0. The van der Waals surface area contributed by atoms with E-state index in [1.807, 2.05) is 6.26 Å². The normalized spacial score (nSPS) is 22.3. The second-order valence-electron chi connectivity index (χ2n) is 3.46. The summed E-state index contributed by atoms with van der Waals surface area (Å²) >= 11 is 7.81. The van der Waals surface area contributed by atoms with Crippen LogP contribution in [0.5, 0.6) is 0 Å². The lowest BCUT2D eigenvalue weighted by molar-refractivity contribution is -0.145. The van der Waals surface area contributed by atoms with E-state index in [0.717, 1.165) is 0 Å². The highest BCUT2D eigenvalue weighted by Crippen LogP contribution is 2.45. The van der Waals surface area contributed by atoms with Crippen molar-refractivity contribution >= 4 is 51.9 Å². The fourth-order valence-electron chi connectivity index (χ4n) is 1.68. The number of thiocarbonyl (C=S) groups is 1. The second kappa shape index (κ2) is 4.87. The first-order chi connectivity index (χ1) is 8.04. The summed E-state index contributed by atoms with van der Waals surface area (Å²) in [6.45, 7) is 0.367. The molecule has 2 rings (SSSR count). The van der Waals surface area contributed by atoms with E-state index in [9.17, 15) is 9.59 Å². The molecule has 1 saturated heterocycles. The van der Waals surface area contributed by atoms with Gasteiger partial charge in [-0.05, 0) is 6.26 Å². The van der Waals surface area contributed by atoms with E-state index < -0.39 is 5.97 Å². The van der Waals surface area contributed by atoms with E-state index >= 15 is 0 Å². The van der Waals surface area contributed by atoms with Crippen LogP contribution in [0.4, 0.5) is 0 Å². The maximum absolute atomic E-state index is 11.3. The van der Waals surface area contributed by atoms with Crippen LogP contribution in [-0.4, -0.2) is 44.4 Å². The van der Waals surface area contributed by atoms with Crippen molar-refractivity contribution in [2.24, 2.45) is 0 Å². The maximum atomic E-state index is 11.3. The Bertz CT molecular complexity index is 435. The molecule has 0 aliphatic carbocycles. The Morgan fingerprint density at radius 2 is 2.47 bits per heavy atom. The third-order valence-electron chi connectivity index (χ3n) is 2.47. The molecule has 92 valence electrons. The van der Waals surface area contributed by atoms with Gasteiger partial charge in [0.25, 0.3) is 0 Å². The predicted octanol–water partition coefficient (Wildman–Crippen LogP) is 0.825. The number of nitrogens with one attached hydrogen (secondary N) is 1. The number of nitrogens with zero attached hydrogens (tertiary/aromatic N) is 1. The molecular formula is C9H10N2O3S3. The Labute approximate surface area is 112 Å². The van der Waals surface area contributed by atoms with Gasteiger partial charge in [0, 0.05) is 11.4 Å². The van der Waals surface area contributed by atoms with E-state index in [-0.39, 0.29) is 17.0 Å². The quantitative estimate of drug-likeness (QED) is 0.589. The summed E-state index contributed by atoms with van der Waals surface area (Å²) in [4.78, 5) is 24.5. The van der Waals surface area contributed by atoms with Gasteiger partial charge in [0.05, 0.1) is 11.8 Å². The summed E-state index contributed by atoms with van der Waals surface area (Å²) in [5.74, 6) is -1.18. The lowest BCUT2D eigenvalue weighted by atomic mass is 10.1. The van der Waals surface area contributed by atoms with E-state index in [0.29, 0.717) is 22.2 Å². The minimum Gasteiger partial charge on any atom is -0.477 e. The van der Waals surface area contributed by atoms with Crippen LogP contribution >= 0.6 is 35.7 Å². The molecule has 0 aromatic heterocycles. The first kappa shape index (κ1) is 12.7. The third-order valence-corrected chi connectivity index (χ3v) is 4.90. The predicted molar refractivity (Wildman–Crippen MR) is 71.6 cm³/mol. The van der Waals surface area contributed by atoms with Crippen LogP contribution in [0.1, 0.15) is 6.42 Å². The minimum atomic E-state index is -1.06. The fraction of sp³-hybridized carbons (Fsp3) is 0.444. The highest BCUT2D eigenvalue weighted by molar-refractivity contribution is 8.22.